The number of carbonyl (C=O) groups is 3. The molecule has 6 rings (SSSR count). The number of rotatable bonds is 3. The smallest absolute Gasteiger partial charge is 0.250 e. The molecule has 0 aliphatic carbocycles. The van der Waals surface area contributed by atoms with Crippen molar-refractivity contribution in [3.05, 3.63) is 64.1 Å². The van der Waals surface area contributed by atoms with Crippen LogP contribution in [0.1, 0.15) is 24.0 Å². The maximum atomic E-state index is 13.7. The second-order valence-corrected chi connectivity index (χ2v) is 9.80. The number of carbonyl (C=O) groups excluding carboxylic acids is 3. The molecule has 0 radical (unpaired) electrons. The van der Waals surface area contributed by atoms with Crippen LogP contribution in [0.2, 0.25) is 0 Å². The molecule has 6 nitrogen and oxygen atoms in total. The molecule has 0 aromatic heterocycles. The number of hydrogen-bond donors (Lipinski definition) is 1. The predicted octanol–water partition coefficient (Wildman–Crippen LogP) is 2.92. The third-order valence-corrected chi connectivity index (χ3v) is 8.01. The van der Waals surface area contributed by atoms with Gasteiger partial charge in [-0.1, -0.05) is 46.3 Å². The molecular formula is C24H22BrN3O3. The van der Waals surface area contributed by atoms with Crippen LogP contribution in [0.4, 0.5) is 5.69 Å². The van der Waals surface area contributed by atoms with Crippen LogP contribution in [0.3, 0.4) is 0 Å². The summed E-state index contributed by atoms with van der Waals surface area (Å²) in [7, 11) is 0. The van der Waals surface area contributed by atoms with Gasteiger partial charge in [0.1, 0.15) is 5.54 Å². The summed E-state index contributed by atoms with van der Waals surface area (Å²) in [5.74, 6) is -1.62. The fourth-order valence-electron chi connectivity index (χ4n) is 6.34. The van der Waals surface area contributed by atoms with Gasteiger partial charge in [0.2, 0.25) is 17.7 Å². The topological polar surface area (TPSA) is 69.7 Å². The van der Waals surface area contributed by atoms with Gasteiger partial charge >= 0.3 is 0 Å². The number of hydrogen-bond acceptors (Lipinski definition) is 4. The van der Waals surface area contributed by atoms with Gasteiger partial charge in [0, 0.05) is 28.3 Å². The number of likely N-dealkylation sites (tertiary alicyclic amines) is 1. The summed E-state index contributed by atoms with van der Waals surface area (Å²) >= 11 is 3.53. The van der Waals surface area contributed by atoms with Crippen LogP contribution in [-0.2, 0) is 26.3 Å². The van der Waals surface area contributed by atoms with Crippen molar-refractivity contribution in [1.29, 1.82) is 0 Å². The molecule has 2 aromatic carbocycles. The average molecular weight is 480 g/mol. The molecule has 2 aromatic rings. The van der Waals surface area contributed by atoms with Crippen LogP contribution in [0.5, 0.6) is 0 Å². The maximum Gasteiger partial charge on any atom is 0.250 e. The summed E-state index contributed by atoms with van der Waals surface area (Å²) in [6, 6.07) is 15.5. The number of halogens is 1. The van der Waals surface area contributed by atoms with E-state index in [1.807, 2.05) is 48.5 Å². The lowest BCUT2D eigenvalue weighted by Crippen LogP contribution is -2.54. The molecule has 7 heteroatoms. The Hall–Kier alpha value is -2.51. The van der Waals surface area contributed by atoms with Crippen LogP contribution in [-0.4, -0.2) is 46.7 Å². The van der Waals surface area contributed by atoms with E-state index in [1.165, 1.54) is 4.90 Å². The Kier molecular flexibility index (Phi) is 4.17. The summed E-state index contributed by atoms with van der Waals surface area (Å²) in [4.78, 5) is 44.4. The standard InChI is InChI=1S/C24H22BrN3O3/c25-15-8-9-17-16(13-15)24(23(31)26-17)20-19(18-7-4-11-28(18)24)21(29)27(22(20)30)12-10-14-5-2-1-3-6-14/h1-3,5-6,8-9,13,18-20H,4,7,10-12H2,(H,26,31)/t18-,19+,20-,24+/m0/s1. The van der Waals surface area contributed by atoms with Crippen LogP contribution in [0.25, 0.3) is 0 Å². The molecule has 4 aliphatic heterocycles. The highest BCUT2D eigenvalue weighted by atomic mass is 79.9. The average Bonchev–Trinajstić information content (AvgIpc) is 3.47. The van der Waals surface area contributed by atoms with Crippen LogP contribution < -0.4 is 5.32 Å². The largest absolute Gasteiger partial charge is 0.324 e. The number of imide groups is 1. The Labute approximate surface area is 188 Å². The molecule has 3 fully saturated rings. The maximum absolute atomic E-state index is 13.7. The van der Waals surface area contributed by atoms with Gasteiger partial charge in [0.15, 0.2) is 0 Å². The van der Waals surface area contributed by atoms with Crippen LogP contribution >= 0.6 is 15.9 Å². The van der Waals surface area contributed by atoms with E-state index in [4.69, 9.17) is 0 Å². The van der Waals surface area contributed by atoms with Gasteiger partial charge < -0.3 is 5.32 Å². The Morgan fingerprint density at radius 2 is 1.87 bits per heavy atom. The van der Waals surface area contributed by atoms with Crippen LogP contribution in [0.15, 0.2) is 53.0 Å². The summed E-state index contributed by atoms with van der Waals surface area (Å²) < 4.78 is 0.860. The second kappa shape index (κ2) is 6.74. The Morgan fingerprint density at radius 3 is 2.68 bits per heavy atom. The van der Waals surface area contributed by atoms with Crippen LogP contribution in [0, 0.1) is 11.8 Å². The molecule has 4 atom stereocenters. The highest BCUT2D eigenvalue weighted by molar-refractivity contribution is 9.10. The SMILES string of the molecule is O=C1[C@H]2[C@@H](C(=O)N1CCc1ccccc1)[C@]1(C(=O)Nc3ccc(Br)cc31)N1CCC[C@@H]21. The molecular weight excluding hydrogens is 458 g/mol. The number of nitrogens with one attached hydrogen (secondary N) is 1. The van der Waals surface area contributed by atoms with E-state index in [0.29, 0.717) is 13.0 Å². The Bertz CT molecular complexity index is 1120. The first kappa shape index (κ1) is 19.2. The minimum atomic E-state index is -1.10. The lowest BCUT2D eigenvalue weighted by molar-refractivity contribution is -0.145. The highest BCUT2D eigenvalue weighted by Gasteiger charge is 2.74. The van der Waals surface area contributed by atoms with Gasteiger partial charge in [0.05, 0.1) is 11.8 Å². The molecule has 1 N–H and O–H groups in total. The summed E-state index contributed by atoms with van der Waals surface area (Å²) in [5, 5.41) is 3.01. The number of nitrogens with zero attached hydrogens (tertiary/aromatic N) is 2. The second-order valence-electron chi connectivity index (χ2n) is 8.88. The third kappa shape index (κ3) is 2.44. The van der Waals surface area contributed by atoms with E-state index in [9.17, 15) is 14.4 Å². The minimum Gasteiger partial charge on any atom is -0.324 e. The minimum absolute atomic E-state index is 0.0705. The number of anilines is 1. The van der Waals surface area contributed by atoms with Crippen molar-refractivity contribution in [3.8, 4) is 0 Å². The van der Waals surface area contributed by atoms with Gasteiger partial charge in [-0.25, -0.2) is 0 Å². The van der Waals surface area contributed by atoms with E-state index >= 15 is 0 Å². The first-order valence-corrected chi connectivity index (χ1v) is 11.6. The zero-order valence-electron chi connectivity index (χ0n) is 16.9. The van der Waals surface area contributed by atoms with Gasteiger partial charge in [0.25, 0.3) is 0 Å². The molecule has 0 saturated carbocycles. The molecule has 31 heavy (non-hydrogen) atoms. The molecule has 3 amide bonds. The first-order valence-electron chi connectivity index (χ1n) is 10.8. The molecule has 4 heterocycles. The van der Waals surface area contributed by atoms with E-state index < -0.39 is 17.4 Å². The lowest BCUT2D eigenvalue weighted by atomic mass is 9.75. The van der Waals surface area contributed by atoms with Gasteiger partial charge in [-0.05, 0) is 49.6 Å². The fraction of sp³-hybridized carbons (Fsp3) is 0.375. The number of fused-ring (bicyclic) bond motifs is 7. The van der Waals surface area contributed by atoms with Crippen molar-refractivity contribution in [2.45, 2.75) is 30.8 Å². The van der Waals surface area contributed by atoms with E-state index in [0.717, 1.165) is 40.7 Å². The van der Waals surface area contributed by atoms with Crippen molar-refractivity contribution in [3.63, 3.8) is 0 Å². The zero-order valence-corrected chi connectivity index (χ0v) is 18.5. The number of benzene rings is 2. The predicted molar refractivity (Wildman–Crippen MR) is 118 cm³/mol. The lowest BCUT2D eigenvalue weighted by Gasteiger charge is -2.36. The van der Waals surface area contributed by atoms with E-state index in [2.05, 4.69) is 26.1 Å². The molecule has 0 bridgehead atoms. The molecule has 4 aliphatic rings. The summed E-state index contributed by atoms with van der Waals surface area (Å²) in [6.07, 6.45) is 2.39. The highest BCUT2D eigenvalue weighted by Crippen LogP contribution is 2.60. The van der Waals surface area contributed by atoms with Gasteiger partial charge in [-0.3, -0.25) is 24.2 Å². The van der Waals surface area contributed by atoms with E-state index in [-0.39, 0.29) is 23.8 Å². The molecule has 3 saturated heterocycles. The van der Waals surface area contributed by atoms with Crippen molar-refractivity contribution in [2.75, 3.05) is 18.4 Å². The Balaban J connectivity index is 1.43. The molecule has 158 valence electrons. The molecule has 1 spiro atoms. The van der Waals surface area contributed by atoms with Crippen molar-refractivity contribution in [2.24, 2.45) is 11.8 Å². The molecule has 0 unspecified atom stereocenters. The van der Waals surface area contributed by atoms with Crippen molar-refractivity contribution in [1.82, 2.24) is 9.80 Å². The van der Waals surface area contributed by atoms with Gasteiger partial charge in [-0.15, -0.1) is 0 Å². The zero-order chi connectivity index (χ0) is 21.3. The van der Waals surface area contributed by atoms with Gasteiger partial charge in [-0.2, -0.15) is 0 Å². The summed E-state index contributed by atoms with van der Waals surface area (Å²) in [5.41, 5.74) is 1.55. The normalized spacial score (nSPS) is 31.3. The van der Waals surface area contributed by atoms with Crippen molar-refractivity contribution < 1.29 is 14.4 Å². The van der Waals surface area contributed by atoms with E-state index in [1.54, 1.807) is 0 Å². The number of amides is 3. The first-order chi connectivity index (χ1) is 15.0. The quantitative estimate of drug-likeness (QED) is 0.687. The summed E-state index contributed by atoms with van der Waals surface area (Å²) in [6.45, 7) is 1.08. The monoisotopic (exact) mass is 479 g/mol. The third-order valence-electron chi connectivity index (χ3n) is 7.51. The Morgan fingerprint density at radius 1 is 1.06 bits per heavy atom. The fourth-order valence-corrected chi connectivity index (χ4v) is 6.70. The van der Waals surface area contributed by atoms with Crippen molar-refractivity contribution >= 4 is 39.3 Å².